The van der Waals surface area contributed by atoms with E-state index in [2.05, 4.69) is 17.2 Å². The van der Waals surface area contributed by atoms with Crippen LogP contribution in [0.2, 0.25) is 0 Å². The van der Waals surface area contributed by atoms with Gasteiger partial charge in [-0.15, -0.1) is 0 Å². The van der Waals surface area contributed by atoms with Crippen LogP contribution in [0.5, 0.6) is 0 Å². The normalized spacial score (nSPS) is 8.87. The van der Waals surface area contributed by atoms with Gasteiger partial charge in [0.2, 0.25) is 0 Å². The summed E-state index contributed by atoms with van der Waals surface area (Å²) in [4.78, 5) is 0. The Morgan fingerprint density at radius 1 is 1.33 bits per heavy atom. The molecule has 0 fully saturated rings. The fourth-order valence-electron chi connectivity index (χ4n) is 1.06. The molecule has 1 aromatic carbocycles. The van der Waals surface area contributed by atoms with Crippen LogP contribution in [-0.2, 0) is 0 Å². The third-order valence-corrected chi connectivity index (χ3v) is 1.72. The third kappa shape index (κ3) is 3.81. The maximum absolute atomic E-state index is 13.0. The zero-order chi connectivity index (χ0) is 11.1. The maximum atomic E-state index is 13.0. The lowest BCUT2D eigenvalue weighted by Crippen LogP contribution is -2.11. The van der Waals surface area contributed by atoms with Crippen LogP contribution in [0.3, 0.4) is 0 Å². The molecule has 0 saturated carbocycles. The van der Waals surface area contributed by atoms with Crippen molar-refractivity contribution < 1.29 is 4.39 Å². The number of rotatable bonds is 2. The lowest BCUT2D eigenvalue weighted by atomic mass is 10.1. The molecule has 0 spiro atoms. The van der Waals surface area contributed by atoms with Gasteiger partial charge < -0.3 is 5.32 Å². The fraction of sp³-hybridized carbons (Fsp3) is 0.250. The van der Waals surface area contributed by atoms with E-state index in [0.29, 0.717) is 17.7 Å². The quantitative estimate of drug-likeness (QED) is 0.584. The zero-order valence-electron chi connectivity index (χ0n) is 8.47. The van der Waals surface area contributed by atoms with E-state index in [1.54, 1.807) is 6.07 Å². The van der Waals surface area contributed by atoms with E-state index in [1.807, 2.05) is 13.0 Å². The minimum absolute atomic E-state index is 0.294. The van der Waals surface area contributed by atoms with E-state index in [9.17, 15) is 4.39 Å². The van der Waals surface area contributed by atoms with Crippen LogP contribution in [0.15, 0.2) is 18.2 Å². The van der Waals surface area contributed by atoms with Crippen LogP contribution in [0.1, 0.15) is 18.1 Å². The number of hydrogen-bond donors (Lipinski definition) is 1. The highest BCUT2D eigenvalue weighted by Crippen LogP contribution is 2.06. The molecule has 0 bridgehead atoms. The second kappa shape index (κ2) is 5.80. The molecule has 1 N–H and O–H groups in total. The first kappa shape index (κ1) is 11.2. The lowest BCUT2D eigenvalue weighted by molar-refractivity contribution is 0.627. The summed E-state index contributed by atoms with van der Waals surface area (Å²) >= 11 is 0. The van der Waals surface area contributed by atoms with Crippen LogP contribution >= 0.6 is 0 Å². The Bertz CT molecular complexity index is 435. The summed E-state index contributed by atoms with van der Waals surface area (Å²) in [5.41, 5.74) is 0.826. The first-order valence-electron chi connectivity index (χ1n) is 4.66. The van der Waals surface area contributed by atoms with Crippen molar-refractivity contribution in [2.45, 2.75) is 6.92 Å². The second-order valence-corrected chi connectivity index (χ2v) is 2.92. The summed E-state index contributed by atoms with van der Waals surface area (Å²) in [6.45, 7) is 3.40. The Morgan fingerprint density at radius 3 is 2.73 bits per heavy atom. The van der Waals surface area contributed by atoms with E-state index >= 15 is 0 Å². The molecule has 0 aromatic heterocycles. The van der Waals surface area contributed by atoms with Gasteiger partial charge in [-0.3, -0.25) is 0 Å². The van der Waals surface area contributed by atoms with E-state index < -0.39 is 5.82 Å². The number of nitriles is 1. The van der Waals surface area contributed by atoms with Crippen LogP contribution in [0.4, 0.5) is 4.39 Å². The SMILES string of the molecule is CCNCC#Cc1cc(F)cc(C#N)c1. The molecule has 76 valence electrons. The van der Waals surface area contributed by atoms with Gasteiger partial charge in [-0.25, -0.2) is 4.39 Å². The second-order valence-electron chi connectivity index (χ2n) is 2.92. The van der Waals surface area contributed by atoms with Crippen molar-refractivity contribution in [1.29, 1.82) is 5.26 Å². The molecule has 0 heterocycles. The van der Waals surface area contributed by atoms with Gasteiger partial charge in [0, 0.05) is 5.56 Å². The van der Waals surface area contributed by atoms with Gasteiger partial charge >= 0.3 is 0 Å². The first-order valence-corrected chi connectivity index (χ1v) is 4.66. The average molecular weight is 202 g/mol. The van der Waals surface area contributed by atoms with Crippen molar-refractivity contribution >= 4 is 0 Å². The van der Waals surface area contributed by atoms with Crippen LogP contribution < -0.4 is 5.32 Å². The monoisotopic (exact) mass is 202 g/mol. The number of hydrogen-bond acceptors (Lipinski definition) is 2. The highest BCUT2D eigenvalue weighted by molar-refractivity contribution is 5.42. The maximum Gasteiger partial charge on any atom is 0.125 e. The van der Waals surface area contributed by atoms with Crippen LogP contribution in [-0.4, -0.2) is 13.1 Å². The molecule has 0 saturated heterocycles. The van der Waals surface area contributed by atoms with Gasteiger partial charge in [0.25, 0.3) is 0 Å². The average Bonchev–Trinajstić information content (AvgIpc) is 2.23. The van der Waals surface area contributed by atoms with Crippen molar-refractivity contribution in [2.75, 3.05) is 13.1 Å². The molecule has 1 rings (SSSR count). The number of nitrogens with one attached hydrogen (secondary N) is 1. The van der Waals surface area contributed by atoms with Gasteiger partial charge in [0.15, 0.2) is 0 Å². The molecule has 2 nitrogen and oxygen atoms in total. The molecular formula is C12H11FN2. The molecule has 0 aliphatic rings. The number of benzene rings is 1. The molecular weight excluding hydrogens is 191 g/mol. The lowest BCUT2D eigenvalue weighted by Gasteiger charge is -1.94. The third-order valence-electron chi connectivity index (χ3n) is 1.72. The number of nitrogens with zero attached hydrogens (tertiary/aromatic N) is 1. The minimum atomic E-state index is -0.429. The molecule has 15 heavy (non-hydrogen) atoms. The summed E-state index contributed by atoms with van der Waals surface area (Å²) in [5.74, 6) is 5.21. The fourth-order valence-corrected chi connectivity index (χ4v) is 1.06. The summed E-state index contributed by atoms with van der Waals surface area (Å²) in [7, 11) is 0. The molecule has 0 aliphatic carbocycles. The van der Waals surface area contributed by atoms with Crippen molar-refractivity contribution in [1.82, 2.24) is 5.32 Å². The van der Waals surface area contributed by atoms with E-state index in [4.69, 9.17) is 5.26 Å². The summed E-state index contributed by atoms with van der Waals surface area (Å²) in [6.07, 6.45) is 0. The van der Waals surface area contributed by atoms with Gasteiger partial charge in [-0.05, 0) is 24.7 Å². The predicted octanol–water partition coefficient (Wildman–Crippen LogP) is 1.66. The van der Waals surface area contributed by atoms with Crippen molar-refractivity contribution in [3.8, 4) is 17.9 Å². The zero-order valence-corrected chi connectivity index (χ0v) is 8.47. The van der Waals surface area contributed by atoms with Crippen molar-refractivity contribution in [3.63, 3.8) is 0 Å². The molecule has 0 amide bonds. The van der Waals surface area contributed by atoms with Crippen LogP contribution in [0.25, 0.3) is 0 Å². The first-order chi connectivity index (χ1) is 7.26. The van der Waals surface area contributed by atoms with Crippen molar-refractivity contribution in [2.24, 2.45) is 0 Å². The summed E-state index contributed by atoms with van der Waals surface area (Å²) in [5, 5.41) is 11.6. The Labute approximate surface area is 88.7 Å². The molecule has 0 unspecified atom stereocenters. The van der Waals surface area contributed by atoms with Gasteiger partial charge in [0.05, 0.1) is 18.2 Å². The van der Waals surface area contributed by atoms with Gasteiger partial charge in [-0.1, -0.05) is 18.8 Å². The highest BCUT2D eigenvalue weighted by Gasteiger charge is 1.97. The highest BCUT2D eigenvalue weighted by atomic mass is 19.1. The van der Waals surface area contributed by atoms with E-state index in [0.717, 1.165) is 6.54 Å². The molecule has 3 heteroatoms. The summed E-state index contributed by atoms with van der Waals surface area (Å²) in [6, 6.07) is 5.97. The Hall–Kier alpha value is -1.84. The predicted molar refractivity (Wildman–Crippen MR) is 56.5 cm³/mol. The van der Waals surface area contributed by atoms with Gasteiger partial charge in [-0.2, -0.15) is 5.26 Å². The molecule has 0 aliphatic heterocycles. The summed E-state index contributed by atoms with van der Waals surface area (Å²) < 4.78 is 13.0. The smallest absolute Gasteiger partial charge is 0.125 e. The Balaban J connectivity index is 2.80. The van der Waals surface area contributed by atoms with Gasteiger partial charge in [0.1, 0.15) is 5.82 Å². The molecule has 0 atom stereocenters. The largest absolute Gasteiger partial charge is 0.306 e. The van der Waals surface area contributed by atoms with E-state index in [-0.39, 0.29) is 0 Å². The Kier molecular flexibility index (Phi) is 4.34. The standard InChI is InChI=1S/C12H11FN2/c1-2-15-5-3-4-10-6-11(9-14)8-12(13)7-10/h6-8,15H,2,5H2,1H3. The topological polar surface area (TPSA) is 35.8 Å². The van der Waals surface area contributed by atoms with Crippen LogP contribution in [0, 0.1) is 29.0 Å². The number of halogens is 1. The Morgan fingerprint density at radius 2 is 2.07 bits per heavy atom. The van der Waals surface area contributed by atoms with Crippen molar-refractivity contribution in [3.05, 3.63) is 35.1 Å². The molecule has 1 aromatic rings. The minimum Gasteiger partial charge on any atom is -0.306 e. The molecule has 0 radical (unpaired) electrons. The van der Waals surface area contributed by atoms with E-state index in [1.165, 1.54) is 12.1 Å².